The fourth-order valence-corrected chi connectivity index (χ4v) is 3.62. The van der Waals surface area contributed by atoms with Crippen molar-refractivity contribution in [1.29, 1.82) is 0 Å². The van der Waals surface area contributed by atoms with Crippen LogP contribution in [-0.4, -0.2) is 14.8 Å². The average Bonchev–Trinajstić information content (AvgIpc) is 2.88. The lowest BCUT2D eigenvalue weighted by Gasteiger charge is -2.15. The van der Waals surface area contributed by atoms with Crippen LogP contribution in [0.15, 0.2) is 47.6 Å². The lowest BCUT2D eigenvalue weighted by atomic mass is 10.1. The van der Waals surface area contributed by atoms with E-state index in [-0.39, 0.29) is 5.25 Å². The Kier molecular flexibility index (Phi) is 4.66. The molecular weight excluding hydrogens is 328 g/mol. The lowest BCUT2D eigenvalue weighted by molar-refractivity contribution is 0.572. The lowest BCUT2D eigenvalue weighted by Crippen LogP contribution is -2.03. The van der Waals surface area contributed by atoms with E-state index in [2.05, 4.69) is 10.2 Å². The van der Waals surface area contributed by atoms with Crippen molar-refractivity contribution in [1.82, 2.24) is 14.8 Å². The first-order valence-electron chi connectivity index (χ1n) is 7.57. The smallest absolute Gasteiger partial charge is 0.196 e. The molecule has 1 heterocycles. The second-order valence-corrected chi connectivity index (χ2v) is 6.89. The minimum Gasteiger partial charge on any atom is -0.274 e. The Balaban J connectivity index is 1.96. The molecule has 1 atom stereocenters. The normalized spacial score (nSPS) is 12.4. The number of para-hydroxylation sites is 1. The first-order valence-corrected chi connectivity index (χ1v) is 8.45. The summed E-state index contributed by atoms with van der Waals surface area (Å²) < 4.78 is 29.1. The van der Waals surface area contributed by atoms with Crippen LogP contribution in [0, 0.1) is 25.5 Å². The number of benzene rings is 2. The highest BCUT2D eigenvalue weighted by Gasteiger charge is 2.19. The summed E-state index contributed by atoms with van der Waals surface area (Å²) in [5, 5.41) is 8.83. The van der Waals surface area contributed by atoms with E-state index < -0.39 is 11.6 Å². The largest absolute Gasteiger partial charge is 0.274 e. The molecule has 3 rings (SSSR count). The summed E-state index contributed by atoms with van der Waals surface area (Å²) in [5.41, 5.74) is 2.54. The predicted molar refractivity (Wildman–Crippen MR) is 91.5 cm³/mol. The van der Waals surface area contributed by atoms with Gasteiger partial charge in [0, 0.05) is 16.9 Å². The van der Waals surface area contributed by atoms with Crippen molar-refractivity contribution in [2.45, 2.75) is 31.2 Å². The molecule has 124 valence electrons. The highest BCUT2D eigenvalue weighted by atomic mass is 32.2. The second kappa shape index (κ2) is 6.73. The Labute approximate surface area is 143 Å². The number of thioether (sulfide) groups is 1. The van der Waals surface area contributed by atoms with E-state index in [9.17, 15) is 8.78 Å². The molecule has 0 radical (unpaired) electrons. The molecule has 3 nitrogen and oxygen atoms in total. The summed E-state index contributed by atoms with van der Waals surface area (Å²) in [5.74, 6) is -0.361. The van der Waals surface area contributed by atoms with Crippen LogP contribution in [0.2, 0.25) is 0 Å². The summed E-state index contributed by atoms with van der Waals surface area (Å²) in [6.45, 7) is 5.77. The minimum atomic E-state index is -0.577. The molecule has 0 aliphatic heterocycles. The zero-order valence-corrected chi connectivity index (χ0v) is 14.4. The third-order valence-electron chi connectivity index (χ3n) is 3.83. The molecule has 0 fully saturated rings. The number of hydrogen-bond acceptors (Lipinski definition) is 3. The molecule has 6 heteroatoms. The van der Waals surface area contributed by atoms with E-state index in [4.69, 9.17) is 0 Å². The molecule has 3 aromatic rings. The van der Waals surface area contributed by atoms with Crippen LogP contribution in [0.25, 0.3) is 5.69 Å². The summed E-state index contributed by atoms with van der Waals surface area (Å²) in [6.07, 6.45) is 0. The Bertz CT molecular complexity index is 876. The third-order valence-corrected chi connectivity index (χ3v) is 4.92. The summed E-state index contributed by atoms with van der Waals surface area (Å²) in [7, 11) is 0. The molecule has 2 aromatic carbocycles. The van der Waals surface area contributed by atoms with Gasteiger partial charge in [-0.25, -0.2) is 8.78 Å². The van der Waals surface area contributed by atoms with Crippen LogP contribution in [0.1, 0.15) is 29.1 Å². The summed E-state index contributed by atoms with van der Waals surface area (Å²) in [6, 6.07) is 11.6. The van der Waals surface area contributed by atoms with Crippen LogP contribution < -0.4 is 0 Å². The van der Waals surface area contributed by atoms with Crippen molar-refractivity contribution < 1.29 is 8.78 Å². The molecule has 0 aliphatic carbocycles. The standard InChI is InChI=1S/C18H17F2N3S/c1-11-6-4-5-7-17(11)23-13(3)21-22-18(23)24-12(2)15-9-8-14(19)10-16(15)20/h4-10,12H,1-3H3/t12-/m1/s1. The van der Waals surface area contributed by atoms with Gasteiger partial charge in [-0.3, -0.25) is 4.57 Å². The molecule has 0 bridgehead atoms. The van der Waals surface area contributed by atoms with Gasteiger partial charge in [-0.2, -0.15) is 0 Å². The van der Waals surface area contributed by atoms with Crippen LogP contribution in [0.4, 0.5) is 8.78 Å². The average molecular weight is 345 g/mol. The molecule has 1 aromatic heterocycles. The van der Waals surface area contributed by atoms with Crippen LogP contribution >= 0.6 is 11.8 Å². The summed E-state index contributed by atoms with van der Waals surface area (Å²) >= 11 is 1.39. The van der Waals surface area contributed by atoms with Crippen molar-refractivity contribution in [2.75, 3.05) is 0 Å². The van der Waals surface area contributed by atoms with Gasteiger partial charge in [-0.1, -0.05) is 36.0 Å². The van der Waals surface area contributed by atoms with E-state index in [1.807, 2.05) is 49.6 Å². The zero-order valence-electron chi connectivity index (χ0n) is 13.6. The molecule has 0 amide bonds. The fourth-order valence-electron chi connectivity index (χ4n) is 2.56. The van der Waals surface area contributed by atoms with Gasteiger partial charge >= 0.3 is 0 Å². The molecule has 0 spiro atoms. The van der Waals surface area contributed by atoms with E-state index >= 15 is 0 Å². The SMILES string of the molecule is Cc1ccccc1-n1c(C)nnc1S[C@H](C)c1ccc(F)cc1F. The quantitative estimate of drug-likeness (QED) is 0.622. The van der Waals surface area contributed by atoms with E-state index in [0.29, 0.717) is 10.7 Å². The van der Waals surface area contributed by atoms with Crippen molar-refractivity contribution in [3.05, 3.63) is 71.1 Å². The number of halogens is 2. The van der Waals surface area contributed by atoms with Gasteiger partial charge in [0.15, 0.2) is 5.16 Å². The van der Waals surface area contributed by atoms with Gasteiger partial charge in [-0.15, -0.1) is 10.2 Å². The van der Waals surface area contributed by atoms with Crippen LogP contribution in [0.3, 0.4) is 0 Å². The first kappa shape index (κ1) is 16.6. The van der Waals surface area contributed by atoms with Gasteiger partial charge in [0.25, 0.3) is 0 Å². The first-order chi connectivity index (χ1) is 11.5. The molecule has 0 unspecified atom stereocenters. The topological polar surface area (TPSA) is 30.7 Å². The third kappa shape index (κ3) is 3.19. The predicted octanol–water partition coefficient (Wildman–Crippen LogP) is 5.02. The maximum atomic E-state index is 14.0. The maximum Gasteiger partial charge on any atom is 0.196 e. The molecular formula is C18H17F2N3S. The minimum absolute atomic E-state index is 0.225. The Hall–Kier alpha value is -2.21. The number of hydrogen-bond donors (Lipinski definition) is 0. The van der Waals surface area contributed by atoms with Crippen molar-refractivity contribution in [3.63, 3.8) is 0 Å². The number of nitrogens with zero attached hydrogens (tertiary/aromatic N) is 3. The van der Waals surface area contributed by atoms with Crippen LogP contribution in [0.5, 0.6) is 0 Å². The van der Waals surface area contributed by atoms with Crippen LogP contribution in [-0.2, 0) is 0 Å². The van der Waals surface area contributed by atoms with Gasteiger partial charge in [0.05, 0.1) is 5.69 Å². The van der Waals surface area contributed by atoms with Crippen molar-refractivity contribution in [3.8, 4) is 5.69 Å². The number of aromatic nitrogens is 3. The molecule has 0 saturated carbocycles. The molecule has 0 aliphatic rings. The Morgan fingerprint density at radius 3 is 2.50 bits per heavy atom. The highest BCUT2D eigenvalue weighted by molar-refractivity contribution is 7.99. The van der Waals surface area contributed by atoms with E-state index in [0.717, 1.165) is 23.1 Å². The summed E-state index contributed by atoms with van der Waals surface area (Å²) in [4.78, 5) is 0. The Morgan fingerprint density at radius 1 is 1.04 bits per heavy atom. The zero-order chi connectivity index (χ0) is 17.3. The number of aryl methyl sites for hydroxylation is 2. The maximum absolute atomic E-state index is 14.0. The van der Waals surface area contributed by atoms with Gasteiger partial charge < -0.3 is 0 Å². The van der Waals surface area contributed by atoms with E-state index in [1.165, 1.54) is 23.9 Å². The van der Waals surface area contributed by atoms with Gasteiger partial charge in [0.1, 0.15) is 17.5 Å². The molecule has 0 N–H and O–H groups in total. The molecule has 24 heavy (non-hydrogen) atoms. The second-order valence-electron chi connectivity index (χ2n) is 5.58. The fraction of sp³-hybridized carbons (Fsp3) is 0.222. The van der Waals surface area contributed by atoms with Gasteiger partial charge in [0.2, 0.25) is 0 Å². The number of rotatable bonds is 4. The van der Waals surface area contributed by atoms with Gasteiger partial charge in [-0.05, 0) is 38.5 Å². The van der Waals surface area contributed by atoms with Crippen molar-refractivity contribution >= 4 is 11.8 Å². The highest BCUT2D eigenvalue weighted by Crippen LogP contribution is 2.36. The monoisotopic (exact) mass is 345 g/mol. The van der Waals surface area contributed by atoms with Crippen molar-refractivity contribution in [2.24, 2.45) is 0 Å². The van der Waals surface area contributed by atoms with E-state index in [1.54, 1.807) is 0 Å². The molecule has 0 saturated heterocycles. The Morgan fingerprint density at radius 2 is 1.79 bits per heavy atom.